The Balaban J connectivity index is 2.12. The third-order valence-corrected chi connectivity index (χ3v) is 4.35. The predicted octanol–water partition coefficient (Wildman–Crippen LogP) is 2.66. The Kier molecular flexibility index (Phi) is 9.54. The molecule has 0 radical (unpaired) electrons. The molecule has 0 heterocycles. The van der Waals surface area contributed by atoms with Crippen molar-refractivity contribution in [1.82, 2.24) is 15.5 Å². The van der Waals surface area contributed by atoms with Gasteiger partial charge in [0.05, 0.1) is 20.2 Å². The predicted molar refractivity (Wildman–Crippen MR) is 116 cm³/mol. The molecule has 0 bridgehead atoms. The average Bonchev–Trinajstić information content (AvgIpc) is 2.76. The zero-order chi connectivity index (χ0) is 22.6. The first kappa shape index (κ1) is 23.9. The number of nitrogens with one attached hydrogen (secondary N) is 2. The van der Waals surface area contributed by atoms with E-state index in [2.05, 4.69) is 20.4 Å². The highest BCUT2D eigenvalue weighted by molar-refractivity contribution is 5.86. The summed E-state index contributed by atoms with van der Waals surface area (Å²) in [6.07, 6.45) is 0.752. The van der Waals surface area contributed by atoms with Crippen molar-refractivity contribution in [2.75, 3.05) is 34.3 Å². The number of hydrogen-bond donors (Lipinski definition) is 2. The molecule has 2 aromatic carbocycles. The number of benzene rings is 2. The molecule has 7 nitrogen and oxygen atoms in total. The van der Waals surface area contributed by atoms with Gasteiger partial charge in [0.15, 0.2) is 5.96 Å². The van der Waals surface area contributed by atoms with Crippen LogP contribution in [0.4, 0.5) is 8.78 Å². The maximum atomic E-state index is 12.7. The van der Waals surface area contributed by atoms with Crippen molar-refractivity contribution < 1.29 is 23.0 Å². The molecule has 0 unspecified atom stereocenters. The van der Waals surface area contributed by atoms with Gasteiger partial charge in [0.2, 0.25) is 5.91 Å². The fourth-order valence-corrected chi connectivity index (χ4v) is 2.64. The van der Waals surface area contributed by atoms with Crippen LogP contribution in [0.15, 0.2) is 53.5 Å². The quantitative estimate of drug-likeness (QED) is 0.444. The number of carbonyl (C=O) groups excluding carboxylic acids is 1. The highest BCUT2D eigenvalue weighted by atomic mass is 19.3. The Morgan fingerprint density at radius 1 is 1.13 bits per heavy atom. The number of hydrogen-bond acceptors (Lipinski definition) is 4. The lowest BCUT2D eigenvalue weighted by atomic mass is 10.1. The van der Waals surface area contributed by atoms with Crippen LogP contribution in [0.1, 0.15) is 11.1 Å². The lowest BCUT2D eigenvalue weighted by Crippen LogP contribution is -2.43. The van der Waals surface area contributed by atoms with Gasteiger partial charge in [0.1, 0.15) is 11.5 Å². The maximum Gasteiger partial charge on any atom is 0.387 e. The fourth-order valence-electron chi connectivity index (χ4n) is 2.64. The van der Waals surface area contributed by atoms with E-state index in [1.165, 1.54) is 24.1 Å². The highest BCUT2D eigenvalue weighted by Crippen LogP contribution is 2.26. The molecule has 31 heavy (non-hydrogen) atoms. The molecule has 0 spiro atoms. The molecule has 0 atom stereocenters. The van der Waals surface area contributed by atoms with Gasteiger partial charge in [0, 0.05) is 26.2 Å². The van der Waals surface area contributed by atoms with Crippen LogP contribution in [0.3, 0.4) is 0 Å². The first-order valence-corrected chi connectivity index (χ1v) is 9.77. The maximum absolute atomic E-state index is 12.7. The Morgan fingerprint density at radius 3 is 2.52 bits per heavy atom. The van der Waals surface area contributed by atoms with Gasteiger partial charge in [-0.15, -0.1) is 0 Å². The first-order valence-electron chi connectivity index (χ1n) is 9.77. The molecule has 9 heteroatoms. The molecule has 0 aliphatic rings. The van der Waals surface area contributed by atoms with Crippen molar-refractivity contribution in [3.8, 4) is 11.5 Å². The summed E-state index contributed by atoms with van der Waals surface area (Å²) in [6, 6.07) is 14.5. The van der Waals surface area contributed by atoms with Crippen molar-refractivity contribution in [1.29, 1.82) is 0 Å². The molecule has 0 saturated heterocycles. The number of alkyl halides is 2. The molecule has 1 amide bonds. The lowest BCUT2D eigenvalue weighted by molar-refractivity contribution is -0.127. The summed E-state index contributed by atoms with van der Waals surface area (Å²) in [7, 11) is 4.81. The molecule has 0 fully saturated rings. The monoisotopic (exact) mass is 434 g/mol. The lowest BCUT2D eigenvalue weighted by Gasteiger charge is -2.16. The summed E-state index contributed by atoms with van der Waals surface area (Å²) in [6.45, 7) is -2.28. The second-order valence-corrected chi connectivity index (χ2v) is 6.82. The number of guanidine groups is 1. The van der Waals surface area contributed by atoms with Gasteiger partial charge < -0.3 is 25.0 Å². The van der Waals surface area contributed by atoms with Crippen molar-refractivity contribution in [3.05, 3.63) is 59.7 Å². The van der Waals surface area contributed by atoms with Crippen LogP contribution in [0.25, 0.3) is 0 Å². The van der Waals surface area contributed by atoms with E-state index in [4.69, 9.17) is 4.74 Å². The molecule has 0 aliphatic heterocycles. The van der Waals surface area contributed by atoms with E-state index in [0.29, 0.717) is 23.8 Å². The van der Waals surface area contributed by atoms with Crippen LogP contribution in [0, 0.1) is 0 Å². The fraction of sp³-hybridized carbons (Fsp3) is 0.364. The summed E-state index contributed by atoms with van der Waals surface area (Å²) in [5, 5.41) is 6.14. The molecule has 2 rings (SSSR count). The number of methoxy groups -OCH3 is 1. The number of carbonyl (C=O) groups is 1. The normalized spacial score (nSPS) is 11.2. The summed E-state index contributed by atoms with van der Waals surface area (Å²) < 4.78 is 35.2. The van der Waals surface area contributed by atoms with Gasteiger partial charge in [-0.2, -0.15) is 8.78 Å². The zero-order valence-electron chi connectivity index (χ0n) is 17.9. The van der Waals surface area contributed by atoms with Crippen LogP contribution < -0.4 is 20.1 Å². The molecular formula is C22H28F2N4O3. The minimum atomic E-state index is -2.95. The summed E-state index contributed by atoms with van der Waals surface area (Å²) in [5.74, 6) is 0.784. The minimum Gasteiger partial charge on any atom is -0.497 e. The standard InChI is InChI=1S/C22H28F2N4O3/c1-28(2)20(29)15-27-22(25-12-11-16-7-5-4-6-8-16)26-14-17-13-18(30-3)9-10-19(17)31-21(23)24/h4-10,13,21H,11-12,14-15H2,1-3H3,(H2,25,26,27). The smallest absolute Gasteiger partial charge is 0.387 e. The number of likely N-dealkylation sites (N-methyl/N-ethyl adjacent to an activating group) is 1. The van der Waals surface area contributed by atoms with Crippen molar-refractivity contribution in [2.45, 2.75) is 19.6 Å². The number of nitrogens with zero attached hydrogens (tertiary/aromatic N) is 2. The Bertz CT molecular complexity index is 861. The van der Waals surface area contributed by atoms with Crippen LogP contribution in [0.2, 0.25) is 0 Å². The van der Waals surface area contributed by atoms with Crippen molar-refractivity contribution >= 4 is 11.9 Å². The molecular weight excluding hydrogens is 406 g/mol. The van der Waals surface area contributed by atoms with Gasteiger partial charge in [0.25, 0.3) is 0 Å². The third kappa shape index (κ3) is 8.49. The van der Waals surface area contributed by atoms with E-state index < -0.39 is 6.61 Å². The topological polar surface area (TPSA) is 75.2 Å². The zero-order valence-corrected chi connectivity index (χ0v) is 17.9. The molecule has 0 saturated carbocycles. The van der Waals surface area contributed by atoms with E-state index in [-0.39, 0.29) is 24.7 Å². The Morgan fingerprint density at radius 2 is 1.87 bits per heavy atom. The SMILES string of the molecule is COc1ccc(OC(F)F)c(CN=C(NCCc2ccccc2)NCC(=O)N(C)C)c1. The van der Waals surface area contributed by atoms with Crippen molar-refractivity contribution in [3.63, 3.8) is 0 Å². The van der Waals surface area contributed by atoms with E-state index in [0.717, 1.165) is 12.0 Å². The number of ether oxygens (including phenoxy) is 2. The first-order chi connectivity index (χ1) is 14.9. The van der Waals surface area contributed by atoms with E-state index >= 15 is 0 Å². The largest absolute Gasteiger partial charge is 0.497 e. The molecule has 0 aliphatic carbocycles. The van der Waals surface area contributed by atoms with Gasteiger partial charge in [-0.3, -0.25) is 4.79 Å². The summed E-state index contributed by atoms with van der Waals surface area (Å²) in [4.78, 5) is 17.8. The Labute approximate surface area is 181 Å². The Hall–Kier alpha value is -3.36. The van der Waals surface area contributed by atoms with Gasteiger partial charge in [-0.1, -0.05) is 30.3 Å². The van der Waals surface area contributed by atoms with E-state index in [1.807, 2.05) is 30.3 Å². The molecule has 2 aromatic rings. The second kappa shape index (κ2) is 12.4. The molecule has 168 valence electrons. The molecule has 0 aromatic heterocycles. The van der Waals surface area contributed by atoms with Crippen LogP contribution in [-0.2, 0) is 17.8 Å². The minimum absolute atomic E-state index is 0.0209. The van der Waals surface area contributed by atoms with Gasteiger partial charge in [-0.25, -0.2) is 4.99 Å². The van der Waals surface area contributed by atoms with Crippen LogP contribution >= 0.6 is 0 Å². The average molecular weight is 434 g/mol. The second-order valence-electron chi connectivity index (χ2n) is 6.82. The van der Waals surface area contributed by atoms with Crippen LogP contribution in [0.5, 0.6) is 11.5 Å². The summed E-state index contributed by atoms with van der Waals surface area (Å²) in [5.41, 5.74) is 1.59. The number of rotatable bonds is 10. The number of amides is 1. The molecule has 2 N–H and O–H groups in total. The van der Waals surface area contributed by atoms with Crippen molar-refractivity contribution in [2.24, 2.45) is 4.99 Å². The number of aliphatic imine (C=N–C) groups is 1. The van der Waals surface area contributed by atoms with Gasteiger partial charge in [-0.05, 0) is 30.2 Å². The third-order valence-electron chi connectivity index (χ3n) is 4.35. The number of halogens is 2. The van der Waals surface area contributed by atoms with Gasteiger partial charge >= 0.3 is 6.61 Å². The van der Waals surface area contributed by atoms with E-state index in [9.17, 15) is 13.6 Å². The summed E-state index contributed by atoms with van der Waals surface area (Å²) >= 11 is 0. The highest BCUT2D eigenvalue weighted by Gasteiger charge is 2.12. The van der Waals surface area contributed by atoms with Crippen LogP contribution in [-0.4, -0.2) is 57.7 Å². The van der Waals surface area contributed by atoms with E-state index in [1.54, 1.807) is 20.2 Å².